The summed E-state index contributed by atoms with van der Waals surface area (Å²) >= 11 is 0. The first-order chi connectivity index (χ1) is 9.05. The van der Waals surface area contributed by atoms with Gasteiger partial charge >= 0.3 is 6.18 Å². The van der Waals surface area contributed by atoms with Crippen molar-refractivity contribution in [2.24, 2.45) is 0 Å². The van der Waals surface area contributed by atoms with Gasteiger partial charge in [0.1, 0.15) is 5.65 Å². The van der Waals surface area contributed by atoms with Gasteiger partial charge in [-0.1, -0.05) is 30.3 Å². The normalized spacial score (nSPS) is 11.9. The van der Waals surface area contributed by atoms with Crippen molar-refractivity contribution in [3.8, 4) is 11.3 Å². The molecule has 0 fully saturated rings. The molecular formula is C14H9F3N2. The molecule has 19 heavy (non-hydrogen) atoms. The quantitative estimate of drug-likeness (QED) is 0.647. The molecule has 0 aliphatic heterocycles. The lowest BCUT2D eigenvalue weighted by atomic mass is 10.2. The number of nitrogens with zero attached hydrogens (tertiary/aromatic N) is 2. The minimum Gasteiger partial charge on any atom is -0.300 e. The summed E-state index contributed by atoms with van der Waals surface area (Å²) in [5.41, 5.74) is 1.28. The number of rotatable bonds is 1. The second-order valence-electron chi connectivity index (χ2n) is 4.15. The summed E-state index contributed by atoms with van der Waals surface area (Å²) in [6, 6.07) is 11.5. The smallest absolute Gasteiger partial charge is 0.300 e. The van der Waals surface area contributed by atoms with Crippen molar-refractivity contribution in [3.05, 3.63) is 60.4 Å². The van der Waals surface area contributed by atoms with E-state index in [2.05, 4.69) is 4.98 Å². The van der Waals surface area contributed by atoms with E-state index in [4.69, 9.17) is 0 Å². The van der Waals surface area contributed by atoms with E-state index >= 15 is 0 Å². The zero-order chi connectivity index (χ0) is 13.5. The van der Waals surface area contributed by atoms with E-state index in [1.807, 2.05) is 30.3 Å². The van der Waals surface area contributed by atoms with Gasteiger partial charge in [0, 0.05) is 11.8 Å². The van der Waals surface area contributed by atoms with Crippen LogP contribution >= 0.6 is 0 Å². The Labute approximate surface area is 107 Å². The average molecular weight is 262 g/mol. The number of hydrogen-bond donors (Lipinski definition) is 0. The molecule has 0 unspecified atom stereocenters. The predicted molar refractivity (Wildman–Crippen MR) is 65.6 cm³/mol. The summed E-state index contributed by atoms with van der Waals surface area (Å²) in [6.45, 7) is 0. The fourth-order valence-electron chi connectivity index (χ4n) is 1.98. The van der Waals surface area contributed by atoms with Gasteiger partial charge in [-0.2, -0.15) is 13.2 Å². The highest BCUT2D eigenvalue weighted by molar-refractivity contribution is 5.63. The van der Waals surface area contributed by atoms with Crippen LogP contribution in [0, 0.1) is 0 Å². The van der Waals surface area contributed by atoms with Crippen molar-refractivity contribution in [1.29, 1.82) is 0 Å². The molecule has 0 bridgehead atoms. The maximum Gasteiger partial charge on any atom is 0.416 e. The standard InChI is InChI=1S/C14H9F3N2/c15-14(16,17)11-6-7-19-12(9-18-13(19)8-11)10-4-2-1-3-5-10/h1-9H. The number of benzene rings is 1. The number of fused-ring (bicyclic) bond motifs is 1. The Kier molecular flexibility index (Phi) is 2.55. The minimum absolute atomic E-state index is 0.286. The molecule has 3 rings (SSSR count). The Balaban J connectivity index is 2.16. The number of aromatic nitrogens is 2. The third-order valence-electron chi connectivity index (χ3n) is 2.91. The maximum atomic E-state index is 12.6. The summed E-state index contributed by atoms with van der Waals surface area (Å²) in [7, 11) is 0. The van der Waals surface area contributed by atoms with Gasteiger partial charge in [0.2, 0.25) is 0 Å². The van der Waals surface area contributed by atoms with Crippen molar-refractivity contribution >= 4 is 5.65 Å². The van der Waals surface area contributed by atoms with Gasteiger partial charge < -0.3 is 0 Å². The van der Waals surface area contributed by atoms with Gasteiger partial charge in [-0.15, -0.1) is 0 Å². The number of imidazole rings is 1. The van der Waals surface area contributed by atoms with Crippen LogP contribution in [0.5, 0.6) is 0 Å². The van der Waals surface area contributed by atoms with Crippen LogP contribution in [-0.2, 0) is 6.18 Å². The maximum absolute atomic E-state index is 12.6. The molecule has 5 heteroatoms. The molecule has 0 atom stereocenters. The van der Waals surface area contributed by atoms with E-state index in [0.29, 0.717) is 0 Å². The molecule has 3 aromatic rings. The van der Waals surface area contributed by atoms with E-state index in [1.165, 1.54) is 6.20 Å². The summed E-state index contributed by atoms with van der Waals surface area (Å²) in [5.74, 6) is 0. The van der Waals surface area contributed by atoms with Crippen LogP contribution in [0.2, 0.25) is 0 Å². The lowest BCUT2D eigenvalue weighted by Crippen LogP contribution is -2.05. The Hall–Kier alpha value is -2.30. The molecule has 0 spiro atoms. The van der Waals surface area contributed by atoms with Gasteiger partial charge in [0.05, 0.1) is 17.5 Å². The number of hydrogen-bond acceptors (Lipinski definition) is 1. The second-order valence-corrected chi connectivity index (χ2v) is 4.15. The van der Waals surface area contributed by atoms with Crippen molar-refractivity contribution in [1.82, 2.24) is 9.38 Å². The first-order valence-corrected chi connectivity index (χ1v) is 5.65. The molecule has 0 radical (unpaired) electrons. The lowest BCUT2D eigenvalue weighted by Gasteiger charge is -2.07. The molecule has 0 N–H and O–H groups in total. The highest BCUT2D eigenvalue weighted by Crippen LogP contribution is 2.30. The fraction of sp³-hybridized carbons (Fsp3) is 0.0714. The van der Waals surface area contributed by atoms with Crippen molar-refractivity contribution in [2.45, 2.75) is 6.18 Å². The predicted octanol–water partition coefficient (Wildman–Crippen LogP) is 4.02. The van der Waals surface area contributed by atoms with Gasteiger partial charge in [-0.3, -0.25) is 4.40 Å². The van der Waals surface area contributed by atoms with Crippen LogP contribution in [0.3, 0.4) is 0 Å². The summed E-state index contributed by atoms with van der Waals surface area (Å²) in [6.07, 6.45) is -1.38. The first-order valence-electron chi connectivity index (χ1n) is 5.65. The number of pyridine rings is 1. The van der Waals surface area contributed by atoms with Gasteiger partial charge in [-0.25, -0.2) is 4.98 Å². The molecule has 2 heterocycles. The average Bonchev–Trinajstić information content (AvgIpc) is 2.81. The molecule has 2 nitrogen and oxygen atoms in total. The lowest BCUT2D eigenvalue weighted by molar-refractivity contribution is -0.137. The molecule has 2 aromatic heterocycles. The van der Waals surface area contributed by atoms with Crippen molar-refractivity contribution in [2.75, 3.05) is 0 Å². The SMILES string of the molecule is FC(F)(F)c1ccn2c(-c3ccccc3)cnc2c1. The molecule has 0 amide bonds. The zero-order valence-corrected chi connectivity index (χ0v) is 9.72. The molecular weight excluding hydrogens is 253 g/mol. The monoisotopic (exact) mass is 262 g/mol. The number of halogens is 3. The highest BCUT2D eigenvalue weighted by atomic mass is 19.4. The summed E-state index contributed by atoms with van der Waals surface area (Å²) < 4.78 is 39.5. The molecule has 0 saturated carbocycles. The topological polar surface area (TPSA) is 17.3 Å². The third-order valence-corrected chi connectivity index (χ3v) is 2.91. The molecule has 0 aliphatic rings. The van der Waals surface area contributed by atoms with Crippen LogP contribution in [0.25, 0.3) is 16.9 Å². The largest absolute Gasteiger partial charge is 0.416 e. The summed E-state index contributed by atoms with van der Waals surface area (Å²) in [5, 5.41) is 0. The van der Waals surface area contributed by atoms with E-state index < -0.39 is 11.7 Å². The van der Waals surface area contributed by atoms with E-state index in [9.17, 15) is 13.2 Å². The van der Waals surface area contributed by atoms with E-state index in [1.54, 1.807) is 10.6 Å². The fourth-order valence-corrected chi connectivity index (χ4v) is 1.98. The zero-order valence-electron chi connectivity index (χ0n) is 9.72. The molecule has 0 aliphatic carbocycles. The Morgan fingerprint density at radius 2 is 1.74 bits per heavy atom. The Bertz CT molecular complexity index is 714. The van der Waals surface area contributed by atoms with Crippen LogP contribution in [0.4, 0.5) is 13.2 Å². The Morgan fingerprint density at radius 3 is 2.42 bits per heavy atom. The molecule has 1 aromatic carbocycles. The highest BCUT2D eigenvalue weighted by Gasteiger charge is 2.30. The molecule has 0 saturated heterocycles. The van der Waals surface area contributed by atoms with Crippen LogP contribution < -0.4 is 0 Å². The Morgan fingerprint density at radius 1 is 1.00 bits per heavy atom. The van der Waals surface area contributed by atoms with Gasteiger partial charge in [0.25, 0.3) is 0 Å². The minimum atomic E-state index is -4.35. The van der Waals surface area contributed by atoms with Crippen molar-refractivity contribution in [3.63, 3.8) is 0 Å². The number of alkyl halides is 3. The van der Waals surface area contributed by atoms with Crippen LogP contribution in [0.15, 0.2) is 54.9 Å². The summed E-state index contributed by atoms with van der Waals surface area (Å²) in [4.78, 5) is 4.03. The third kappa shape index (κ3) is 2.07. The van der Waals surface area contributed by atoms with Gasteiger partial charge in [0.15, 0.2) is 0 Å². The van der Waals surface area contributed by atoms with Gasteiger partial charge in [-0.05, 0) is 12.1 Å². The van der Waals surface area contributed by atoms with E-state index in [0.717, 1.165) is 23.4 Å². The van der Waals surface area contributed by atoms with Crippen molar-refractivity contribution < 1.29 is 13.2 Å². The van der Waals surface area contributed by atoms with Crippen LogP contribution in [-0.4, -0.2) is 9.38 Å². The first kappa shape index (κ1) is 11.8. The van der Waals surface area contributed by atoms with E-state index in [-0.39, 0.29) is 5.65 Å². The second kappa shape index (κ2) is 4.12. The van der Waals surface area contributed by atoms with Crippen LogP contribution in [0.1, 0.15) is 5.56 Å². The molecule has 96 valence electrons.